The summed E-state index contributed by atoms with van der Waals surface area (Å²) >= 11 is 6.25. The number of carbonyl (C=O) groups excluding carboxylic acids is 2. The zero-order valence-electron chi connectivity index (χ0n) is 18.8. The van der Waals surface area contributed by atoms with Crippen LogP contribution in [0.2, 0.25) is 0 Å². The molecule has 0 aliphatic heterocycles. The number of hydrogen-bond acceptors (Lipinski definition) is 7. The highest BCUT2D eigenvalue weighted by Crippen LogP contribution is 2.36. The Kier molecular flexibility index (Phi) is 9.53. The number of hydrogen-bond donors (Lipinski definition) is 1. The molecular weight excluding hydrogens is 648 g/mol. The molecule has 0 atom stereocenters. The van der Waals surface area contributed by atoms with Crippen LogP contribution < -0.4 is 9.47 Å². The highest BCUT2D eigenvalue weighted by Gasteiger charge is 2.34. The van der Waals surface area contributed by atoms with Crippen molar-refractivity contribution in [1.29, 1.82) is 0 Å². The van der Waals surface area contributed by atoms with Crippen LogP contribution in [-0.4, -0.2) is 38.1 Å². The minimum atomic E-state index is -5.67. The molecule has 0 bridgehead atoms. The van der Waals surface area contributed by atoms with Crippen LogP contribution in [0.15, 0.2) is 26.0 Å². The molecule has 0 fully saturated rings. The van der Waals surface area contributed by atoms with Crippen molar-refractivity contribution in [2.75, 3.05) is 13.2 Å². The van der Waals surface area contributed by atoms with Crippen LogP contribution in [0.1, 0.15) is 37.6 Å². The van der Waals surface area contributed by atoms with Crippen molar-refractivity contribution >= 4 is 53.9 Å². The molecule has 8 nitrogen and oxygen atoms in total. The van der Waals surface area contributed by atoms with E-state index >= 15 is 0 Å². The molecule has 2 aromatic rings. The number of halogens is 6. The maximum Gasteiger partial charge on any atom is 0.343 e. The largest absolute Gasteiger partial charge is 0.488 e. The van der Waals surface area contributed by atoms with Crippen LogP contribution in [0.5, 0.6) is 11.5 Å². The molecular formula is C21H18Br2F4O8S. The van der Waals surface area contributed by atoms with E-state index in [-0.39, 0.29) is 33.5 Å². The average Bonchev–Trinajstić information content (AvgIpc) is 2.78. The van der Waals surface area contributed by atoms with Crippen molar-refractivity contribution in [3.63, 3.8) is 0 Å². The van der Waals surface area contributed by atoms with Crippen molar-refractivity contribution < 1.29 is 54.3 Å². The fourth-order valence-corrected chi connectivity index (χ4v) is 4.54. The summed E-state index contributed by atoms with van der Waals surface area (Å²) in [7, 11) is -5.67. The predicted molar refractivity (Wildman–Crippen MR) is 123 cm³/mol. The van der Waals surface area contributed by atoms with Gasteiger partial charge in [0, 0.05) is 0 Å². The van der Waals surface area contributed by atoms with Crippen molar-refractivity contribution in [3.8, 4) is 11.5 Å². The summed E-state index contributed by atoms with van der Waals surface area (Å²) in [6.45, 7) is 5.14. The van der Waals surface area contributed by atoms with Gasteiger partial charge in [-0.15, -0.1) is 0 Å². The van der Waals surface area contributed by atoms with E-state index in [0.29, 0.717) is 6.42 Å². The van der Waals surface area contributed by atoms with E-state index < -0.39 is 61.4 Å². The van der Waals surface area contributed by atoms with Gasteiger partial charge in [0.05, 0.1) is 19.9 Å². The van der Waals surface area contributed by atoms with Crippen LogP contribution in [0.3, 0.4) is 0 Å². The Balaban J connectivity index is 2.21. The molecule has 1 N–H and O–H groups in total. The third-order valence-electron chi connectivity index (χ3n) is 4.87. The quantitative estimate of drug-likeness (QED) is 0.0920. The van der Waals surface area contributed by atoms with Crippen molar-refractivity contribution in [1.82, 2.24) is 0 Å². The summed E-state index contributed by atoms with van der Waals surface area (Å²) in [5.74, 6) is -13.3. The highest BCUT2D eigenvalue weighted by atomic mass is 79.9. The number of benzene rings is 2. The highest BCUT2D eigenvalue weighted by molar-refractivity contribution is 9.11. The lowest BCUT2D eigenvalue weighted by molar-refractivity contribution is -0.154. The Morgan fingerprint density at radius 3 is 1.89 bits per heavy atom. The van der Waals surface area contributed by atoms with Crippen molar-refractivity contribution in [2.24, 2.45) is 5.41 Å². The zero-order chi connectivity index (χ0) is 27.6. The van der Waals surface area contributed by atoms with E-state index in [4.69, 9.17) is 14.0 Å². The van der Waals surface area contributed by atoms with Gasteiger partial charge in [-0.1, -0.05) is 6.92 Å². The van der Waals surface area contributed by atoms with Crippen LogP contribution in [0.25, 0.3) is 0 Å². The smallest absolute Gasteiger partial charge is 0.343 e. The first-order valence-corrected chi connectivity index (χ1v) is 12.9. The molecule has 0 aliphatic rings. The topological polar surface area (TPSA) is 116 Å². The SMILES string of the molecule is CCC(C)(C)C(=O)OCCOc1c(Br)cc(C(=O)Oc2c(F)c(F)c(S(=O)(=O)O)c(F)c2F)cc1Br. The second kappa shape index (κ2) is 11.4. The normalized spacial score (nSPS) is 11.8. The van der Waals surface area contributed by atoms with Gasteiger partial charge in [-0.2, -0.15) is 17.2 Å². The molecule has 0 aliphatic carbocycles. The molecule has 2 aromatic carbocycles. The maximum absolute atomic E-state index is 14.1. The van der Waals surface area contributed by atoms with Crippen molar-refractivity contribution in [3.05, 3.63) is 49.9 Å². The first-order valence-electron chi connectivity index (χ1n) is 9.87. The lowest BCUT2D eigenvalue weighted by Crippen LogP contribution is -2.27. The second-order valence-corrected chi connectivity index (χ2v) is 10.8. The van der Waals surface area contributed by atoms with Crippen molar-refractivity contribution in [2.45, 2.75) is 32.1 Å². The summed E-state index contributed by atoms with van der Waals surface area (Å²) < 4.78 is 102. The number of ether oxygens (including phenoxy) is 3. The summed E-state index contributed by atoms with van der Waals surface area (Å²) in [6, 6.07) is 2.20. The van der Waals surface area contributed by atoms with Crippen LogP contribution in [0.4, 0.5) is 17.6 Å². The molecule has 0 heterocycles. The first-order chi connectivity index (χ1) is 16.5. The lowest BCUT2D eigenvalue weighted by Gasteiger charge is -2.20. The Morgan fingerprint density at radius 1 is 0.944 bits per heavy atom. The molecule has 0 radical (unpaired) electrons. The van der Waals surface area contributed by atoms with E-state index in [1.54, 1.807) is 13.8 Å². The monoisotopic (exact) mass is 664 g/mol. The fourth-order valence-electron chi connectivity index (χ4n) is 2.49. The molecule has 0 amide bonds. The summed E-state index contributed by atoms with van der Waals surface area (Å²) in [5, 5.41) is 0. The molecule has 0 saturated carbocycles. The summed E-state index contributed by atoms with van der Waals surface area (Å²) in [5.41, 5.74) is -1.03. The summed E-state index contributed by atoms with van der Waals surface area (Å²) in [6.07, 6.45) is 0.569. The maximum atomic E-state index is 14.1. The standard InChI is InChI=1S/C21H18Br2F4O8S/c1-4-21(2,3)20(29)34-6-5-33-16-10(22)7-9(8-11(16)23)19(28)35-17-12(24)14(26)18(36(30,31)32)15(27)13(17)25/h7-8H,4-6H2,1-3H3,(H,30,31,32). The second-order valence-electron chi connectivity index (χ2n) is 7.77. The van der Waals surface area contributed by atoms with Gasteiger partial charge in [-0.25, -0.2) is 13.6 Å². The number of esters is 2. The molecule has 2 rings (SSSR count). The minimum absolute atomic E-state index is 0.0678. The predicted octanol–water partition coefficient (Wildman–Crippen LogP) is 5.59. The van der Waals surface area contributed by atoms with Gasteiger partial charge in [-0.05, 0) is 64.3 Å². The van der Waals surface area contributed by atoms with Gasteiger partial charge in [0.15, 0.2) is 16.5 Å². The Bertz CT molecular complexity index is 1260. The van der Waals surface area contributed by atoms with Crippen LogP contribution in [0, 0.1) is 28.7 Å². The molecule has 36 heavy (non-hydrogen) atoms. The van der Waals surface area contributed by atoms with Crippen LogP contribution >= 0.6 is 31.9 Å². The Morgan fingerprint density at radius 2 is 1.44 bits per heavy atom. The molecule has 198 valence electrons. The molecule has 0 spiro atoms. The molecule has 0 saturated heterocycles. The van der Waals surface area contributed by atoms with E-state index in [9.17, 15) is 35.6 Å². The fraction of sp³-hybridized carbons (Fsp3) is 0.333. The zero-order valence-corrected chi connectivity index (χ0v) is 22.7. The minimum Gasteiger partial charge on any atom is -0.488 e. The summed E-state index contributed by atoms with van der Waals surface area (Å²) in [4.78, 5) is 22.1. The van der Waals surface area contributed by atoms with Gasteiger partial charge in [0.25, 0.3) is 0 Å². The molecule has 0 unspecified atom stereocenters. The lowest BCUT2D eigenvalue weighted by atomic mass is 9.91. The van der Waals surface area contributed by atoms with Crippen LogP contribution in [-0.2, 0) is 19.6 Å². The number of carbonyl (C=O) groups is 2. The van der Waals surface area contributed by atoms with E-state index in [2.05, 4.69) is 36.6 Å². The van der Waals surface area contributed by atoms with Gasteiger partial charge in [0.1, 0.15) is 19.0 Å². The van der Waals surface area contributed by atoms with E-state index in [1.807, 2.05) is 6.92 Å². The van der Waals surface area contributed by atoms with E-state index in [0.717, 1.165) is 12.1 Å². The number of rotatable bonds is 9. The Hall–Kier alpha value is -2.23. The third-order valence-corrected chi connectivity index (χ3v) is 6.92. The van der Waals surface area contributed by atoms with E-state index in [1.165, 1.54) is 0 Å². The third kappa shape index (κ3) is 6.55. The first kappa shape index (κ1) is 30.0. The Labute approximate surface area is 219 Å². The van der Waals surface area contributed by atoms with Gasteiger partial charge >= 0.3 is 22.1 Å². The van der Waals surface area contributed by atoms with Gasteiger partial charge < -0.3 is 14.2 Å². The van der Waals surface area contributed by atoms with Gasteiger partial charge in [0.2, 0.25) is 17.4 Å². The molecule has 0 aromatic heterocycles. The molecule has 15 heteroatoms. The van der Waals surface area contributed by atoms with Gasteiger partial charge in [-0.3, -0.25) is 9.35 Å². The average molecular weight is 666 g/mol.